The average molecular weight is 406 g/mol. The first-order chi connectivity index (χ1) is 11.5. The maximum absolute atomic E-state index is 12.1. The summed E-state index contributed by atoms with van der Waals surface area (Å²) in [6, 6.07) is 12.8. The van der Waals surface area contributed by atoms with Gasteiger partial charge in [-0.2, -0.15) is 0 Å². The molecule has 1 N–H and O–H groups in total. The van der Waals surface area contributed by atoms with Crippen LogP contribution in [0.4, 0.5) is 5.69 Å². The lowest BCUT2D eigenvalue weighted by Crippen LogP contribution is -2.20. The molecule has 0 unspecified atom stereocenters. The van der Waals surface area contributed by atoms with Gasteiger partial charge in [-0.1, -0.05) is 17.7 Å². The number of anilines is 1. The average Bonchev–Trinajstić information content (AvgIpc) is 2.57. The Morgan fingerprint density at radius 3 is 2.92 bits per heavy atom. The van der Waals surface area contributed by atoms with Crippen LogP contribution in [0.5, 0.6) is 5.75 Å². The van der Waals surface area contributed by atoms with Crippen molar-refractivity contribution in [2.75, 3.05) is 11.9 Å². The van der Waals surface area contributed by atoms with Gasteiger partial charge in [0.25, 0.3) is 5.91 Å². The van der Waals surface area contributed by atoms with Crippen molar-refractivity contribution in [3.63, 3.8) is 0 Å². The van der Waals surface area contributed by atoms with Crippen molar-refractivity contribution in [3.8, 4) is 5.75 Å². The van der Waals surface area contributed by atoms with Crippen LogP contribution in [0.25, 0.3) is 10.9 Å². The molecule has 1 amide bonds. The van der Waals surface area contributed by atoms with Crippen LogP contribution in [0, 0.1) is 6.92 Å². The summed E-state index contributed by atoms with van der Waals surface area (Å²) in [6.45, 7) is 1.87. The molecule has 1 aromatic heterocycles. The Labute approximate surface area is 152 Å². The third kappa shape index (κ3) is 3.68. The van der Waals surface area contributed by atoms with E-state index in [9.17, 15) is 4.79 Å². The fourth-order valence-corrected chi connectivity index (χ4v) is 3.09. The minimum absolute atomic E-state index is 0.117. The molecule has 0 aliphatic heterocycles. The standard InChI is InChI=1S/C18H14BrClN2O2/c1-11-4-6-15(13(19)9-11)22-17(23)10-24-16-7-5-14(20)12-3-2-8-21-18(12)16/h2-9H,10H2,1H3,(H,22,23). The highest BCUT2D eigenvalue weighted by Crippen LogP contribution is 2.29. The number of hydrogen-bond acceptors (Lipinski definition) is 3. The van der Waals surface area contributed by atoms with E-state index in [4.69, 9.17) is 16.3 Å². The highest BCUT2D eigenvalue weighted by Gasteiger charge is 2.10. The molecule has 4 nitrogen and oxygen atoms in total. The predicted molar refractivity (Wildman–Crippen MR) is 99.8 cm³/mol. The summed E-state index contributed by atoms with van der Waals surface area (Å²) in [5, 5.41) is 4.20. The van der Waals surface area contributed by atoms with E-state index in [-0.39, 0.29) is 12.5 Å². The molecule has 2 aromatic carbocycles. The summed E-state index contributed by atoms with van der Waals surface area (Å²) in [5.74, 6) is 0.270. The Balaban J connectivity index is 1.72. The number of aromatic nitrogens is 1. The number of rotatable bonds is 4. The number of carbonyl (C=O) groups is 1. The van der Waals surface area contributed by atoms with Gasteiger partial charge >= 0.3 is 0 Å². The summed E-state index contributed by atoms with van der Waals surface area (Å²) < 4.78 is 6.45. The molecular weight excluding hydrogens is 392 g/mol. The Hall–Kier alpha value is -2.11. The lowest BCUT2D eigenvalue weighted by Gasteiger charge is -2.11. The van der Waals surface area contributed by atoms with E-state index < -0.39 is 0 Å². The number of nitrogens with one attached hydrogen (secondary N) is 1. The predicted octanol–water partition coefficient (Wildman–Crippen LogP) is 4.98. The van der Waals surface area contributed by atoms with Crippen LogP contribution in [-0.2, 0) is 4.79 Å². The number of fused-ring (bicyclic) bond motifs is 1. The second-order valence-electron chi connectivity index (χ2n) is 5.27. The molecule has 0 saturated carbocycles. The van der Waals surface area contributed by atoms with Gasteiger partial charge in [0, 0.05) is 16.1 Å². The first-order valence-corrected chi connectivity index (χ1v) is 8.44. The van der Waals surface area contributed by atoms with Crippen molar-refractivity contribution in [2.45, 2.75) is 6.92 Å². The van der Waals surface area contributed by atoms with Crippen molar-refractivity contribution in [1.29, 1.82) is 0 Å². The van der Waals surface area contributed by atoms with E-state index in [1.807, 2.05) is 31.2 Å². The summed E-state index contributed by atoms with van der Waals surface area (Å²) in [6.07, 6.45) is 1.66. The molecule has 0 bridgehead atoms. The van der Waals surface area contributed by atoms with Crippen molar-refractivity contribution in [3.05, 3.63) is 63.7 Å². The molecule has 6 heteroatoms. The molecule has 0 aliphatic carbocycles. The van der Waals surface area contributed by atoms with Crippen LogP contribution >= 0.6 is 27.5 Å². The summed E-state index contributed by atoms with van der Waals surface area (Å²) in [4.78, 5) is 16.4. The van der Waals surface area contributed by atoms with Gasteiger partial charge in [-0.25, -0.2) is 0 Å². The molecule has 0 spiro atoms. The van der Waals surface area contributed by atoms with Gasteiger partial charge in [-0.05, 0) is 64.8 Å². The zero-order chi connectivity index (χ0) is 17.1. The van der Waals surface area contributed by atoms with Crippen molar-refractivity contribution < 1.29 is 9.53 Å². The van der Waals surface area contributed by atoms with Crippen LogP contribution in [0.1, 0.15) is 5.56 Å². The molecule has 24 heavy (non-hydrogen) atoms. The highest BCUT2D eigenvalue weighted by molar-refractivity contribution is 9.10. The van der Waals surface area contributed by atoms with Crippen LogP contribution < -0.4 is 10.1 Å². The smallest absolute Gasteiger partial charge is 0.262 e. The number of ether oxygens (including phenoxy) is 1. The van der Waals surface area contributed by atoms with E-state index in [0.29, 0.717) is 22.0 Å². The molecule has 0 atom stereocenters. The second-order valence-corrected chi connectivity index (χ2v) is 6.53. The number of amides is 1. The first kappa shape index (κ1) is 16.7. The Morgan fingerprint density at radius 2 is 2.12 bits per heavy atom. The Morgan fingerprint density at radius 1 is 1.29 bits per heavy atom. The molecule has 0 fully saturated rings. The third-order valence-electron chi connectivity index (χ3n) is 3.44. The second kappa shape index (κ2) is 7.20. The molecule has 0 radical (unpaired) electrons. The first-order valence-electron chi connectivity index (χ1n) is 7.26. The van der Waals surface area contributed by atoms with Crippen molar-refractivity contribution in [1.82, 2.24) is 4.98 Å². The van der Waals surface area contributed by atoms with E-state index in [1.54, 1.807) is 24.4 Å². The number of benzene rings is 2. The van der Waals surface area contributed by atoms with Gasteiger partial charge in [0.05, 0.1) is 10.7 Å². The molecule has 0 saturated heterocycles. The highest BCUT2D eigenvalue weighted by atomic mass is 79.9. The number of halogens is 2. The minimum atomic E-state index is -0.251. The largest absolute Gasteiger partial charge is 0.481 e. The molecule has 122 valence electrons. The summed E-state index contributed by atoms with van der Waals surface area (Å²) >= 11 is 9.58. The maximum Gasteiger partial charge on any atom is 0.262 e. The zero-order valence-electron chi connectivity index (χ0n) is 12.8. The molecule has 0 aliphatic rings. The van der Waals surface area contributed by atoms with Gasteiger partial charge in [0.2, 0.25) is 0 Å². The van der Waals surface area contributed by atoms with E-state index >= 15 is 0 Å². The number of nitrogens with zero attached hydrogens (tertiary/aromatic N) is 1. The van der Waals surface area contributed by atoms with Crippen LogP contribution in [0.3, 0.4) is 0 Å². The van der Waals surface area contributed by atoms with Crippen molar-refractivity contribution in [2.24, 2.45) is 0 Å². The number of hydrogen-bond donors (Lipinski definition) is 1. The van der Waals surface area contributed by atoms with Crippen LogP contribution in [0.15, 0.2) is 53.1 Å². The number of pyridine rings is 1. The monoisotopic (exact) mass is 404 g/mol. The Kier molecular flexibility index (Phi) is 5.02. The van der Waals surface area contributed by atoms with E-state index in [2.05, 4.69) is 26.2 Å². The topological polar surface area (TPSA) is 51.2 Å². The summed E-state index contributed by atoms with van der Waals surface area (Å²) in [5.41, 5.74) is 2.44. The minimum Gasteiger partial charge on any atom is -0.481 e. The lowest BCUT2D eigenvalue weighted by molar-refractivity contribution is -0.118. The van der Waals surface area contributed by atoms with Crippen LogP contribution in [0.2, 0.25) is 5.02 Å². The SMILES string of the molecule is Cc1ccc(NC(=O)COc2ccc(Cl)c3cccnc23)c(Br)c1. The van der Waals surface area contributed by atoms with Crippen LogP contribution in [-0.4, -0.2) is 17.5 Å². The van der Waals surface area contributed by atoms with Gasteiger partial charge in [-0.15, -0.1) is 0 Å². The molecule has 3 rings (SSSR count). The van der Waals surface area contributed by atoms with E-state index in [1.165, 1.54) is 0 Å². The van der Waals surface area contributed by atoms with Gasteiger partial charge in [-0.3, -0.25) is 9.78 Å². The summed E-state index contributed by atoms with van der Waals surface area (Å²) in [7, 11) is 0. The molecular formula is C18H14BrClN2O2. The van der Waals surface area contributed by atoms with Gasteiger partial charge in [0.1, 0.15) is 11.3 Å². The maximum atomic E-state index is 12.1. The third-order valence-corrected chi connectivity index (χ3v) is 4.42. The number of carbonyl (C=O) groups excluding carboxylic acids is 1. The zero-order valence-corrected chi connectivity index (χ0v) is 15.2. The van der Waals surface area contributed by atoms with Crippen molar-refractivity contribution >= 4 is 50.0 Å². The molecule has 1 heterocycles. The van der Waals surface area contributed by atoms with E-state index in [0.717, 1.165) is 15.4 Å². The normalized spacial score (nSPS) is 10.6. The Bertz CT molecular complexity index is 915. The lowest BCUT2D eigenvalue weighted by atomic mass is 10.2. The fraction of sp³-hybridized carbons (Fsp3) is 0.111. The van der Waals surface area contributed by atoms with Gasteiger partial charge in [0.15, 0.2) is 6.61 Å². The fourth-order valence-electron chi connectivity index (χ4n) is 2.28. The number of aryl methyl sites for hydroxylation is 1. The quantitative estimate of drug-likeness (QED) is 0.666. The van der Waals surface area contributed by atoms with Gasteiger partial charge < -0.3 is 10.1 Å². The molecule has 3 aromatic rings.